The highest BCUT2D eigenvalue weighted by atomic mass is 16.5. The van der Waals surface area contributed by atoms with Gasteiger partial charge in [0.1, 0.15) is 0 Å². The number of amides is 1. The first-order valence-electron chi connectivity index (χ1n) is 11.1. The van der Waals surface area contributed by atoms with Crippen molar-refractivity contribution in [2.45, 2.75) is 32.2 Å². The molecule has 2 aliphatic rings. The predicted octanol–water partition coefficient (Wildman–Crippen LogP) is 1.79. The molecule has 0 bridgehead atoms. The summed E-state index contributed by atoms with van der Waals surface area (Å²) < 4.78 is 5.57. The molecule has 1 atom stereocenters. The van der Waals surface area contributed by atoms with Crippen molar-refractivity contribution in [1.82, 2.24) is 20.4 Å². The highest BCUT2D eigenvalue weighted by Gasteiger charge is 2.26. The van der Waals surface area contributed by atoms with Crippen molar-refractivity contribution in [1.29, 1.82) is 0 Å². The van der Waals surface area contributed by atoms with Crippen LogP contribution in [-0.4, -0.2) is 81.7 Å². The molecule has 1 aromatic rings. The second kappa shape index (κ2) is 11.3. The predicted molar refractivity (Wildman–Crippen MR) is 121 cm³/mol. The van der Waals surface area contributed by atoms with Crippen molar-refractivity contribution in [2.75, 3.05) is 60.0 Å². The molecule has 0 radical (unpaired) electrons. The topological polar surface area (TPSA) is 69.2 Å². The van der Waals surface area contributed by atoms with E-state index in [-0.39, 0.29) is 11.9 Å². The molecule has 30 heavy (non-hydrogen) atoms. The Labute approximate surface area is 180 Å². The lowest BCUT2D eigenvalue weighted by molar-refractivity contribution is -0.121. The van der Waals surface area contributed by atoms with Gasteiger partial charge in [-0.05, 0) is 31.2 Å². The van der Waals surface area contributed by atoms with E-state index in [2.05, 4.69) is 56.6 Å². The summed E-state index contributed by atoms with van der Waals surface area (Å²) in [6.45, 7) is 8.31. The number of hydrogen-bond donors (Lipinski definition) is 2. The number of hydrogen-bond acceptors (Lipinski definition) is 4. The van der Waals surface area contributed by atoms with Gasteiger partial charge >= 0.3 is 0 Å². The SMILES string of the molecule is CN=C(NCC(c1cccc(C)c1)N1CCOCC1)N1CCC(CC(=O)NC)CC1. The van der Waals surface area contributed by atoms with Crippen LogP contribution < -0.4 is 10.6 Å². The molecule has 2 heterocycles. The molecule has 7 nitrogen and oxygen atoms in total. The molecule has 0 aromatic heterocycles. The second-order valence-corrected chi connectivity index (χ2v) is 8.31. The van der Waals surface area contributed by atoms with Crippen molar-refractivity contribution in [3.8, 4) is 0 Å². The van der Waals surface area contributed by atoms with E-state index in [9.17, 15) is 4.79 Å². The number of likely N-dealkylation sites (tertiary alicyclic amines) is 1. The maximum atomic E-state index is 11.7. The summed E-state index contributed by atoms with van der Waals surface area (Å²) in [6, 6.07) is 9.09. The fraction of sp³-hybridized carbons (Fsp3) is 0.652. The summed E-state index contributed by atoms with van der Waals surface area (Å²) in [6.07, 6.45) is 2.68. The van der Waals surface area contributed by atoms with Crippen molar-refractivity contribution in [3.05, 3.63) is 35.4 Å². The molecule has 2 aliphatic heterocycles. The lowest BCUT2D eigenvalue weighted by atomic mass is 9.93. The van der Waals surface area contributed by atoms with Crippen molar-refractivity contribution < 1.29 is 9.53 Å². The number of aliphatic imine (C=N–C) groups is 1. The summed E-state index contributed by atoms with van der Waals surface area (Å²) in [5.74, 6) is 1.56. The minimum atomic E-state index is 0.141. The summed E-state index contributed by atoms with van der Waals surface area (Å²) in [5.41, 5.74) is 2.62. The van der Waals surface area contributed by atoms with Crippen LogP contribution in [0.5, 0.6) is 0 Å². The van der Waals surface area contributed by atoms with Gasteiger partial charge in [0, 0.05) is 53.2 Å². The molecule has 2 fully saturated rings. The molecule has 7 heteroatoms. The average Bonchev–Trinajstić information content (AvgIpc) is 2.78. The minimum Gasteiger partial charge on any atom is -0.379 e. The van der Waals surface area contributed by atoms with Gasteiger partial charge in [-0.25, -0.2) is 0 Å². The lowest BCUT2D eigenvalue weighted by Crippen LogP contribution is -2.49. The first kappa shape index (κ1) is 22.6. The third-order valence-electron chi connectivity index (χ3n) is 6.25. The lowest BCUT2D eigenvalue weighted by Gasteiger charge is -2.37. The van der Waals surface area contributed by atoms with Crippen LogP contribution in [0.1, 0.15) is 36.4 Å². The molecule has 2 saturated heterocycles. The summed E-state index contributed by atoms with van der Waals surface area (Å²) in [5, 5.41) is 6.37. The maximum absolute atomic E-state index is 11.7. The number of morpholine rings is 1. The molecule has 0 saturated carbocycles. The Morgan fingerprint density at radius 2 is 1.97 bits per heavy atom. The van der Waals surface area contributed by atoms with E-state index in [1.165, 1.54) is 11.1 Å². The highest BCUT2D eigenvalue weighted by molar-refractivity contribution is 5.80. The largest absolute Gasteiger partial charge is 0.379 e. The Balaban J connectivity index is 1.60. The summed E-state index contributed by atoms with van der Waals surface area (Å²) in [4.78, 5) is 21.0. The number of aryl methyl sites for hydroxylation is 1. The standard InChI is InChI=1S/C23H37N5O2/c1-18-5-4-6-20(15-18)21(27-11-13-30-14-12-27)17-26-23(25-3)28-9-7-19(8-10-28)16-22(29)24-2/h4-6,15,19,21H,7-14,16-17H2,1-3H3,(H,24,29)(H,25,26). The number of nitrogens with zero attached hydrogens (tertiary/aromatic N) is 3. The van der Waals surface area contributed by atoms with Gasteiger partial charge in [-0.3, -0.25) is 14.7 Å². The van der Waals surface area contributed by atoms with E-state index >= 15 is 0 Å². The fourth-order valence-electron chi connectivity index (χ4n) is 4.46. The molecular weight excluding hydrogens is 378 g/mol. The highest BCUT2D eigenvalue weighted by Crippen LogP contribution is 2.23. The zero-order chi connectivity index (χ0) is 21.3. The zero-order valence-electron chi connectivity index (χ0n) is 18.7. The molecule has 166 valence electrons. The average molecular weight is 416 g/mol. The van der Waals surface area contributed by atoms with Crippen LogP contribution in [0, 0.1) is 12.8 Å². The molecule has 1 unspecified atom stereocenters. The monoisotopic (exact) mass is 415 g/mol. The minimum absolute atomic E-state index is 0.141. The molecule has 2 N–H and O–H groups in total. The number of carbonyl (C=O) groups is 1. The molecule has 1 aromatic carbocycles. The van der Waals surface area contributed by atoms with Gasteiger partial charge in [0.2, 0.25) is 5.91 Å². The van der Waals surface area contributed by atoms with Crippen LogP contribution in [0.3, 0.4) is 0 Å². The Morgan fingerprint density at radius 3 is 2.60 bits per heavy atom. The van der Waals surface area contributed by atoms with E-state index in [1.807, 2.05) is 7.05 Å². The molecule has 1 amide bonds. The number of piperidine rings is 1. The fourth-order valence-corrected chi connectivity index (χ4v) is 4.46. The number of carbonyl (C=O) groups excluding carboxylic acids is 1. The van der Waals surface area contributed by atoms with Crippen LogP contribution in [0.15, 0.2) is 29.3 Å². The van der Waals surface area contributed by atoms with Gasteiger partial charge in [0.25, 0.3) is 0 Å². The van der Waals surface area contributed by atoms with Crippen molar-refractivity contribution >= 4 is 11.9 Å². The van der Waals surface area contributed by atoms with Crippen LogP contribution in [0.25, 0.3) is 0 Å². The van der Waals surface area contributed by atoms with E-state index in [4.69, 9.17) is 4.74 Å². The zero-order valence-corrected chi connectivity index (χ0v) is 18.7. The third kappa shape index (κ3) is 6.19. The Kier molecular flexibility index (Phi) is 8.51. The normalized spacial score (nSPS) is 20.1. The quantitative estimate of drug-likeness (QED) is 0.548. The van der Waals surface area contributed by atoms with Gasteiger partial charge in [-0.15, -0.1) is 0 Å². The number of ether oxygens (including phenoxy) is 1. The van der Waals surface area contributed by atoms with Gasteiger partial charge in [-0.1, -0.05) is 29.8 Å². The third-order valence-corrected chi connectivity index (χ3v) is 6.25. The second-order valence-electron chi connectivity index (χ2n) is 8.31. The molecular formula is C23H37N5O2. The molecule has 3 rings (SSSR count). The molecule has 0 spiro atoms. The first-order chi connectivity index (χ1) is 14.6. The number of guanidine groups is 1. The Hall–Kier alpha value is -2.12. The van der Waals surface area contributed by atoms with Gasteiger partial charge in [0.05, 0.1) is 19.3 Å². The summed E-state index contributed by atoms with van der Waals surface area (Å²) in [7, 11) is 3.57. The number of nitrogens with one attached hydrogen (secondary N) is 2. The van der Waals surface area contributed by atoms with Gasteiger partial charge in [0.15, 0.2) is 5.96 Å². The van der Waals surface area contributed by atoms with Crippen LogP contribution in [-0.2, 0) is 9.53 Å². The molecule has 0 aliphatic carbocycles. The van der Waals surface area contributed by atoms with E-state index in [0.29, 0.717) is 12.3 Å². The first-order valence-corrected chi connectivity index (χ1v) is 11.1. The van der Waals surface area contributed by atoms with Crippen molar-refractivity contribution in [2.24, 2.45) is 10.9 Å². The Morgan fingerprint density at radius 1 is 1.23 bits per heavy atom. The number of benzene rings is 1. The van der Waals surface area contributed by atoms with Crippen LogP contribution in [0.4, 0.5) is 0 Å². The van der Waals surface area contributed by atoms with Crippen molar-refractivity contribution in [3.63, 3.8) is 0 Å². The van der Waals surface area contributed by atoms with Crippen LogP contribution >= 0.6 is 0 Å². The van der Waals surface area contributed by atoms with Crippen LogP contribution in [0.2, 0.25) is 0 Å². The summed E-state index contributed by atoms with van der Waals surface area (Å²) >= 11 is 0. The Bertz CT molecular complexity index is 709. The number of rotatable bonds is 6. The van der Waals surface area contributed by atoms with Gasteiger partial charge < -0.3 is 20.3 Å². The van der Waals surface area contributed by atoms with E-state index in [0.717, 1.165) is 64.7 Å². The van der Waals surface area contributed by atoms with E-state index < -0.39 is 0 Å². The van der Waals surface area contributed by atoms with Gasteiger partial charge in [-0.2, -0.15) is 0 Å². The maximum Gasteiger partial charge on any atom is 0.220 e. The van der Waals surface area contributed by atoms with E-state index in [1.54, 1.807) is 7.05 Å². The smallest absolute Gasteiger partial charge is 0.220 e.